The van der Waals surface area contributed by atoms with E-state index < -0.39 is 5.97 Å². The summed E-state index contributed by atoms with van der Waals surface area (Å²) < 4.78 is 0.966. The Morgan fingerprint density at radius 1 is 1.00 bits per heavy atom. The average molecular weight is 348 g/mol. The summed E-state index contributed by atoms with van der Waals surface area (Å²) in [6.07, 6.45) is 0.215. The van der Waals surface area contributed by atoms with Crippen LogP contribution in [0.3, 0.4) is 0 Å². The van der Waals surface area contributed by atoms with Crippen LogP contribution in [0.1, 0.15) is 11.1 Å². The van der Waals surface area contributed by atoms with E-state index in [0.29, 0.717) is 11.3 Å². The molecule has 5 heteroatoms. The first-order chi connectivity index (χ1) is 10.0. The van der Waals surface area contributed by atoms with Gasteiger partial charge in [-0.15, -0.1) is 0 Å². The van der Waals surface area contributed by atoms with Gasteiger partial charge in [-0.05, 0) is 35.4 Å². The third kappa shape index (κ3) is 5.04. The molecule has 0 aromatic heterocycles. The second-order valence-electron chi connectivity index (χ2n) is 4.62. The predicted molar refractivity (Wildman–Crippen MR) is 84.3 cm³/mol. The smallest absolute Gasteiger partial charge is 0.307 e. The summed E-state index contributed by atoms with van der Waals surface area (Å²) in [5.74, 6) is -1.03. The van der Waals surface area contributed by atoms with Crippen LogP contribution in [0.5, 0.6) is 0 Å². The van der Waals surface area contributed by atoms with Crippen molar-refractivity contribution in [3.8, 4) is 0 Å². The molecule has 2 aromatic rings. The van der Waals surface area contributed by atoms with Crippen LogP contribution >= 0.6 is 15.9 Å². The molecule has 0 aliphatic rings. The van der Waals surface area contributed by atoms with Gasteiger partial charge in [0.2, 0.25) is 5.91 Å². The Bertz CT molecular complexity index is 653. The number of anilines is 1. The molecule has 0 spiro atoms. The van der Waals surface area contributed by atoms with Gasteiger partial charge in [0, 0.05) is 10.2 Å². The zero-order valence-electron chi connectivity index (χ0n) is 11.2. The highest BCUT2D eigenvalue weighted by molar-refractivity contribution is 9.10. The number of carbonyl (C=O) groups excluding carboxylic acids is 1. The van der Waals surface area contributed by atoms with E-state index in [-0.39, 0.29) is 18.7 Å². The lowest BCUT2D eigenvalue weighted by Gasteiger charge is -2.07. The van der Waals surface area contributed by atoms with E-state index in [9.17, 15) is 9.59 Å². The van der Waals surface area contributed by atoms with Crippen molar-refractivity contribution in [1.82, 2.24) is 0 Å². The molecule has 0 fully saturated rings. The van der Waals surface area contributed by atoms with Gasteiger partial charge < -0.3 is 10.4 Å². The number of aliphatic carboxylic acids is 1. The van der Waals surface area contributed by atoms with Crippen molar-refractivity contribution >= 4 is 33.5 Å². The molecule has 0 bridgehead atoms. The van der Waals surface area contributed by atoms with E-state index in [1.54, 1.807) is 24.3 Å². The molecule has 4 nitrogen and oxygen atoms in total. The van der Waals surface area contributed by atoms with E-state index >= 15 is 0 Å². The van der Waals surface area contributed by atoms with Crippen LogP contribution < -0.4 is 5.32 Å². The van der Waals surface area contributed by atoms with Crippen LogP contribution in [0.4, 0.5) is 5.69 Å². The number of halogens is 1. The maximum Gasteiger partial charge on any atom is 0.307 e. The molecule has 2 N–H and O–H groups in total. The van der Waals surface area contributed by atoms with Gasteiger partial charge in [0.15, 0.2) is 0 Å². The Kier molecular flexibility index (Phi) is 5.11. The second kappa shape index (κ2) is 7.04. The molecular weight excluding hydrogens is 334 g/mol. The van der Waals surface area contributed by atoms with E-state index in [4.69, 9.17) is 5.11 Å². The van der Waals surface area contributed by atoms with E-state index in [1.807, 2.05) is 24.3 Å². The molecule has 1 amide bonds. The number of benzene rings is 2. The fourth-order valence-electron chi connectivity index (χ4n) is 1.93. The minimum Gasteiger partial charge on any atom is -0.481 e. The van der Waals surface area contributed by atoms with Crippen molar-refractivity contribution in [2.75, 3.05) is 5.32 Å². The fraction of sp³-hybridized carbons (Fsp3) is 0.125. The number of hydrogen-bond donors (Lipinski definition) is 2. The monoisotopic (exact) mass is 347 g/mol. The Balaban J connectivity index is 1.99. The topological polar surface area (TPSA) is 66.4 Å². The molecule has 0 aliphatic carbocycles. The summed E-state index contributed by atoms with van der Waals surface area (Å²) in [4.78, 5) is 22.6. The number of carbonyl (C=O) groups is 2. The van der Waals surface area contributed by atoms with Gasteiger partial charge >= 0.3 is 5.97 Å². The summed E-state index contributed by atoms with van der Waals surface area (Å²) >= 11 is 3.34. The van der Waals surface area contributed by atoms with Crippen molar-refractivity contribution < 1.29 is 14.7 Å². The van der Waals surface area contributed by atoms with Crippen LogP contribution in [0, 0.1) is 0 Å². The maximum atomic E-state index is 12.0. The molecule has 108 valence electrons. The van der Waals surface area contributed by atoms with Gasteiger partial charge in [0.05, 0.1) is 12.8 Å². The molecule has 2 aromatic carbocycles. The Hall–Kier alpha value is -2.14. The average Bonchev–Trinajstić information content (AvgIpc) is 2.41. The maximum absolute atomic E-state index is 12.0. The first kappa shape index (κ1) is 15.3. The molecule has 0 radical (unpaired) electrons. The normalized spacial score (nSPS) is 10.1. The first-order valence-electron chi connectivity index (χ1n) is 6.38. The van der Waals surface area contributed by atoms with Crippen LogP contribution in [-0.4, -0.2) is 17.0 Å². The van der Waals surface area contributed by atoms with Crippen LogP contribution in [-0.2, 0) is 22.4 Å². The third-order valence-corrected chi connectivity index (χ3v) is 3.37. The van der Waals surface area contributed by atoms with Crippen LogP contribution in [0.25, 0.3) is 0 Å². The summed E-state index contributed by atoms with van der Waals surface area (Å²) in [7, 11) is 0. The van der Waals surface area contributed by atoms with E-state index in [2.05, 4.69) is 21.2 Å². The Morgan fingerprint density at radius 2 is 1.71 bits per heavy atom. The standard InChI is InChI=1S/C16H14BrNO3/c17-13-6-4-11(5-7-13)9-15(19)18-14-3-1-2-12(8-14)10-16(20)21/h1-8H,9-10H2,(H,18,19)(H,20,21). The molecule has 21 heavy (non-hydrogen) atoms. The minimum absolute atomic E-state index is 0.0591. The first-order valence-corrected chi connectivity index (χ1v) is 7.17. The third-order valence-electron chi connectivity index (χ3n) is 2.84. The summed E-state index contributed by atoms with van der Waals surface area (Å²) in [5.41, 5.74) is 2.18. The van der Waals surface area contributed by atoms with Gasteiger partial charge in [0.25, 0.3) is 0 Å². The van der Waals surface area contributed by atoms with Gasteiger partial charge in [-0.2, -0.15) is 0 Å². The number of hydrogen-bond acceptors (Lipinski definition) is 2. The van der Waals surface area contributed by atoms with Crippen molar-refractivity contribution in [3.63, 3.8) is 0 Å². The zero-order chi connectivity index (χ0) is 15.2. The molecule has 0 saturated carbocycles. The van der Waals surface area contributed by atoms with Gasteiger partial charge in [0.1, 0.15) is 0 Å². The van der Waals surface area contributed by atoms with Crippen LogP contribution in [0.15, 0.2) is 53.0 Å². The fourth-order valence-corrected chi connectivity index (χ4v) is 2.19. The van der Waals surface area contributed by atoms with Gasteiger partial charge in [-0.1, -0.05) is 40.2 Å². The molecule has 0 atom stereocenters. The van der Waals surface area contributed by atoms with E-state index in [1.165, 1.54) is 0 Å². The van der Waals surface area contributed by atoms with Crippen molar-refractivity contribution in [3.05, 3.63) is 64.1 Å². The quantitative estimate of drug-likeness (QED) is 0.872. The van der Waals surface area contributed by atoms with Crippen molar-refractivity contribution in [1.29, 1.82) is 0 Å². The second-order valence-corrected chi connectivity index (χ2v) is 5.54. The lowest BCUT2D eigenvalue weighted by atomic mass is 10.1. The number of amides is 1. The molecular formula is C16H14BrNO3. The summed E-state index contributed by atoms with van der Waals surface area (Å²) in [5, 5.41) is 11.5. The van der Waals surface area contributed by atoms with Gasteiger partial charge in [-0.3, -0.25) is 9.59 Å². The number of nitrogens with one attached hydrogen (secondary N) is 1. The predicted octanol–water partition coefficient (Wildman–Crippen LogP) is 3.26. The largest absolute Gasteiger partial charge is 0.481 e. The highest BCUT2D eigenvalue weighted by Crippen LogP contribution is 2.14. The zero-order valence-corrected chi connectivity index (χ0v) is 12.8. The summed E-state index contributed by atoms with van der Waals surface area (Å²) in [6, 6.07) is 14.4. The van der Waals surface area contributed by atoms with Crippen molar-refractivity contribution in [2.45, 2.75) is 12.8 Å². The summed E-state index contributed by atoms with van der Waals surface area (Å²) in [6.45, 7) is 0. The van der Waals surface area contributed by atoms with E-state index in [0.717, 1.165) is 10.0 Å². The molecule has 2 rings (SSSR count). The minimum atomic E-state index is -0.895. The van der Waals surface area contributed by atoms with Gasteiger partial charge in [-0.25, -0.2) is 0 Å². The highest BCUT2D eigenvalue weighted by Gasteiger charge is 2.06. The lowest BCUT2D eigenvalue weighted by Crippen LogP contribution is -2.14. The molecule has 0 heterocycles. The number of rotatable bonds is 5. The molecule has 0 saturated heterocycles. The lowest BCUT2D eigenvalue weighted by molar-refractivity contribution is -0.136. The Labute approximate surface area is 130 Å². The Morgan fingerprint density at radius 3 is 2.38 bits per heavy atom. The molecule has 0 aliphatic heterocycles. The number of carboxylic acids is 1. The molecule has 0 unspecified atom stereocenters. The SMILES string of the molecule is O=C(O)Cc1cccc(NC(=O)Cc2ccc(Br)cc2)c1. The van der Waals surface area contributed by atoms with Crippen LogP contribution in [0.2, 0.25) is 0 Å². The van der Waals surface area contributed by atoms with Crippen molar-refractivity contribution in [2.24, 2.45) is 0 Å². The number of carboxylic acid groups (broad SMARTS) is 1. The highest BCUT2D eigenvalue weighted by atomic mass is 79.9.